The molecule has 0 bridgehead atoms. The third-order valence-electron chi connectivity index (χ3n) is 6.69. The Labute approximate surface area is 246 Å². The molecular weight excluding hydrogens is 566 g/mol. The van der Waals surface area contributed by atoms with E-state index in [9.17, 15) is 9.59 Å². The number of benzene rings is 3. The van der Waals surface area contributed by atoms with E-state index in [4.69, 9.17) is 47.4 Å². The molecule has 226 valence electrons. The summed E-state index contributed by atoms with van der Waals surface area (Å²) in [6.45, 7) is -0.210. The third-order valence-corrected chi connectivity index (χ3v) is 6.69. The van der Waals surface area contributed by atoms with Gasteiger partial charge in [-0.2, -0.15) is 0 Å². The molecule has 0 atom stereocenters. The monoisotopic (exact) mass is 595 g/mol. The Morgan fingerprint density at radius 2 is 1.21 bits per heavy atom. The van der Waals surface area contributed by atoms with Crippen LogP contribution >= 0.6 is 0 Å². The summed E-state index contributed by atoms with van der Waals surface area (Å²) in [5, 5.41) is 2.78. The fourth-order valence-electron chi connectivity index (χ4n) is 4.81. The van der Waals surface area contributed by atoms with Crippen LogP contribution in [0.5, 0.6) is 51.7 Å². The normalized spacial score (nSPS) is 12.6. The number of anilines is 1. The largest absolute Gasteiger partial charge is 0.493 e. The number of amides is 1. The van der Waals surface area contributed by atoms with Gasteiger partial charge in [-0.3, -0.25) is 4.79 Å². The Hall–Kier alpha value is -5.46. The topological polar surface area (TPSA) is 138 Å². The Kier molecular flexibility index (Phi) is 8.23. The lowest BCUT2D eigenvalue weighted by Crippen LogP contribution is -2.09. The molecule has 0 unspecified atom stereocenters. The van der Waals surface area contributed by atoms with Crippen LogP contribution in [0.15, 0.2) is 30.3 Å². The number of carbonyl (C=O) groups is 2. The number of carbonyl (C=O) groups excluding carboxylic acids is 2. The number of hydrogen-bond donors (Lipinski definition) is 1. The summed E-state index contributed by atoms with van der Waals surface area (Å²) in [6.07, 6.45) is 2.85. The van der Waals surface area contributed by atoms with E-state index in [0.717, 1.165) is 0 Å². The number of ether oxygens (including phenoxy) is 10. The fraction of sp³-hybridized carbons (Fsp3) is 0.267. The van der Waals surface area contributed by atoms with Crippen molar-refractivity contribution in [2.24, 2.45) is 0 Å². The van der Waals surface area contributed by atoms with Gasteiger partial charge in [-0.25, -0.2) is 4.79 Å². The zero-order valence-corrected chi connectivity index (χ0v) is 24.3. The van der Waals surface area contributed by atoms with E-state index < -0.39 is 11.9 Å². The minimum Gasteiger partial charge on any atom is -0.493 e. The third kappa shape index (κ3) is 5.20. The number of fused-ring (bicyclic) bond motifs is 2. The Balaban J connectivity index is 1.63. The van der Waals surface area contributed by atoms with Gasteiger partial charge in [-0.15, -0.1) is 0 Å². The summed E-state index contributed by atoms with van der Waals surface area (Å²) in [6, 6.07) is 6.34. The van der Waals surface area contributed by atoms with Crippen LogP contribution in [0.3, 0.4) is 0 Å². The molecule has 0 fully saturated rings. The molecule has 5 rings (SSSR count). The van der Waals surface area contributed by atoms with Crippen LogP contribution in [0, 0.1) is 0 Å². The lowest BCUT2D eigenvalue weighted by atomic mass is 9.91. The van der Waals surface area contributed by atoms with E-state index >= 15 is 0 Å². The molecule has 0 spiro atoms. The van der Waals surface area contributed by atoms with Crippen molar-refractivity contribution in [3.8, 4) is 62.9 Å². The lowest BCUT2D eigenvalue weighted by molar-refractivity contribution is -0.111. The summed E-state index contributed by atoms with van der Waals surface area (Å²) in [5.41, 5.74) is 1.64. The minimum atomic E-state index is -0.662. The van der Waals surface area contributed by atoms with Gasteiger partial charge >= 0.3 is 5.97 Å². The molecule has 3 aromatic carbocycles. The average Bonchev–Trinajstić information content (AvgIpc) is 3.72. The average molecular weight is 596 g/mol. The number of hydrogen-bond acceptors (Lipinski definition) is 12. The van der Waals surface area contributed by atoms with Gasteiger partial charge in [-0.05, 0) is 23.8 Å². The van der Waals surface area contributed by atoms with Crippen molar-refractivity contribution in [1.29, 1.82) is 0 Å². The molecule has 0 saturated heterocycles. The van der Waals surface area contributed by atoms with Crippen LogP contribution in [0.2, 0.25) is 0 Å². The zero-order valence-electron chi connectivity index (χ0n) is 24.3. The van der Waals surface area contributed by atoms with Crippen LogP contribution < -0.4 is 47.9 Å². The molecule has 43 heavy (non-hydrogen) atoms. The second-order valence-corrected chi connectivity index (χ2v) is 8.90. The maximum absolute atomic E-state index is 13.1. The quantitative estimate of drug-likeness (QED) is 0.264. The molecule has 13 heteroatoms. The highest BCUT2D eigenvalue weighted by atomic mass is 16.7. The molecule has 13 nitrogen and oxygen atoms in total. The summed E-state index contributed by atoms with van der Waals surface area (Å²) in [4.78, 5) is 26.2. The molecule has 0 radical (unpaired) electrons. The first-order valence-corrected chi connectivity index (χ1v) is 12.8. The van der Waals surface area contributed by atoms with Crippen LogP contribution in [0.1, 0.15) is 15.9 Å². The SMILES string of the molecule is COC(=O)c1cc(OC)c2c(c1-c1c(/C=C/C(=O)Nc3cc(OC)c(OC)c(OC)c3)cc(OC)c3c1OCO3)OCO2. The summed E-state index contributed by atoms with van der Waals surface area (Å²) < 4.78 is 55.2. The number of esters is 1. The van der Waals surface area contributed by atoms with E-state index in [0.29, 0.717) is 56.9 Å². The standard InChI is InChI=1S/C30H29NO12/c1-34-18-9-15(7-8-22(32)31-16-10-19(35-2)25(38-5)20(11-16)36-3)23(28-26(18)40-13-42-28)24-17(30(33)39-6)12-21(37-4)27-29(24)43-14-41-27/h7-12H,13-14H2,1-6H3,(H,31,32)/b8-7+. The number of rotatable bonds is 10. The van der Waals surface area contributed by atoms with Crippen molar-refractivity contribution in [3.63, 3.8) is 0 Å². The molecule has 2 aliphatic rings. The Bertz CT molecular complexity index is 1590. The van der Waals surface area contributed by atoms with Gasteiger partial charge in [0.1, 0.15) is 0 Å². The maximum atomic E-state index is 13.1. The zero-order chi connectivity index (χ0) is 30.7. The first kappa shape index (κ1) is 29.0. The molecular formula is C30H29NO12. The molecule has 3 aromatic rings. The second kappa shape index (κ2) is 12.2. The van der Waals surface area contributed by atoms with Crippen molar-refractivity contribution < 1.29 is 57.0 Å². The highest BCUT2D eigenvalue weighted by molar-refractivity contribution is 6.06. The molecule has 0 saturated carbocycles. The number of nitrogens with one attached hydrogen (secondary N) is 1. The Morgan fingerprint density at radius 3 is 1.74 bits per heavy atom. The van der Waals surface area contributed by atoms with Gasteiger partial charge in [0.15, 0.2) is 34.5 Å². The number of methoxy groups -OCH3 is 6. The predicted molar refractivity (Wildman–Crippen MR) is 152 cm³/mol. The van der Waals surface area contributed by atoms with Gasteiger partial charge < -0.3 is 52.7 Å². The van der Waals surface area contributed by atoms with Gasteiger partial charge in [-0.1, -0.05) is 0 Å². The summed E-state index contributed by atoms with van der Waals surface area (Å²) in [7, 11) is 8.62. The highest BCUT2D eigenvalue weighted by Gasteiger charge is 2.35. The van der Waals surface area contributed by atoms with Gasteiger partial charge in [0.05, 0.1) is 48.2 Å². The van der Waals surface area contributed by atoms with Crippen LogP contribution in [0.25, 0.3) is 17.2 Å². The van der Waals surface area contributed by atoms with Gasteiger partial charge in [0.25, 0.3) is 0 Å². The highest BCUT2D eigenvalue weighted by Crippen LogP contribution is 2.57. The van der Waals surface area contributed by atoms with Crippen LogP contribution in [-0.4, -0.2) is 68.1 Å². The van der Waals surface area contributed by atoms with E-state index in [1.807, 2.05) is 0 Å². The summed E-state index contributed by atoms with van der Waals surface area (Å²) >= 11 is 0. The first-order valence-electron chi connectivity index (χ1n) is 12.8. The smallest absolute Gasteiger partial charge is 0.338 e. The second-order valence-electron chi connectivity index (χ2n) is 8.90. The minimum absolute atomic E-state index is 0.100. The first-order chi connectivity index (χ1) is 20.9. The molecule has 0 aromatic heterocycles. The van der Waals surface area contributed by atoms with E-state index in [-0.39, 0.29) is 36.4 Å². The molecule has 1 N–H and O–H groups in total. The molecule has 2 aliphatic heterocycles. The van der Waals surface area contributed by atoms with Crippen molar-refractivity contribution >= 4 is 23.6 Å². The van der Waals surface area contributed by atoms with Crippen molar-refractivity contribution in [2.45, 2.75) is 0 Å². The molecule has 1 amide bonds. The van der Waals surface area contributed by atoms with Crippen molar-refractivity contribution in [2.75, 3.05) is 61.6 Å². The van der Waals surface area contributed by atoms with Crippen molar-refractivity contribution in [3.05, 3.63) is 41.5 Å². The van der Waals surface area contributed by atoms with E-state index in [1.165, 1.54) is 54.8 Å². The van der Waals surface area contributed by atoms with E-state index in [1.54, 1.807) is 24.3 Å². The molecule has 0 aliphatic carbocycles. The molecule has 2 heterocycles. The lowest BCUT2D eigenvalue weighted by Gasteiger charge is -2.18. The Morgan fingerprint density at radius 1 is 0.674 bits per heavy atom. The fourth-order valence-corrected chi connectivity index (χ4v) is 4.81. The van der Waals surface area contributed by atoms with Crippen LogP contribution in [-0.2, 0) is 9.53 Å². The van der Waals surface area contributed by atoms with E-state index in [2.05, 4.69) is 5.32 Å². The van der Waals surface area contributed by atoms with Gasteiger partial charge in [0.2, 0.25) is 36.7 Å². The van der Waals surface area contributed by atoms with Gasteiger partial charge in [0, 0.05) is 35.0 Å². The predicted octanol–water partition coefficient (Wildman–Crippen LogP) is 4.29. The maximum Gasteiger partial charge on any atom is 0.338 e. The summed E-state index contributed by atoms with van der Waals surface area (Å²) in [5.74, 6) is 1.73. The van der Waals surface area contributed by atoms with Crippen LogP contribution in [0.4, 0.5) is 5.69 Å². The van der Waals surface area contributed by atoms with Crippen molar-refractivity contribution in [1.82, 2.24) is 0 Å².